The molecule has 12 heteroatoms. The molecule has 0 saturated carbocycles. The van der Waals surface area contributed by atoms with Crippen LogP contribution in [0.5, 0.6) is 5.75 Å². The van der Waals surface area contributed by atoms with Gasteiger partial charge in [-0.25, -0.2) is 22.9 Å². The summed E-state index contributed by atoms with van der Waals surface area (Å²) < 4.78 is 29.7. The van der Waals surface area contributed by atoms with Crippen LogP contribution in [0, 0.1) is 0 Å². The molecule has 2 unspecified atom stereocenters. The number of phosphoric acid groups is 1. The molecule has 11 nitrogen and oxygen atoms in total. The molecule has 0 amide bonds. The van der Waals surface area contributed by atoms with E-state index in [4.69, 9.17) is 15.6 Å². The molecule has 0 spiro atoms. The van der Waals surface area contributed by atoms with E-state index in [2.05, 4.69) is 13.6 Å². The number of aromatic carboxylic acids is 1. The van der Waals surface area contributed by atoms with Crippen LogP contribution in [0.25, 0.3) is 0 Å². The zero-order chi connectivity index (χ0) is 17.7. The smallest absolute Gasteiger partial charge is 0.489 e. The number of hydrogen-bond acceptors (Lipinski definition) is 10. The molecule has 5 N–H and O–H groups in total. The van der Waals surface area contributed by atoms with Gasteiger partial charge in [-0.3, -0.25) is 4.79 Å². The first-order valence-corrected chi connectivity index (χ1v) is 8.00. The maximum absolute atomic E-state index is 11.8. The molecule has 3 heterocycles. The number of benzene rings is 1. The number of Topliss-reactive ketones (excluding diaryl/α,β-unsaturated/α-hetero) is 1. The van der Waals surface area contributed by atoms with Gasteiger partial charge in [-0.15, -0.1) is 0 Å². The molecule has 2 bridgehead atoms. The fourth-order valence-corrected chi connectivity index (χ4v) is 3.21. The molecule has 130 valence electrons. The number of phosphoric ester groups is 1. The van der Waals surface area contributed by atoms with E-state index in [1.165, 1.54) is 12.1 Å². The molecule has 4 rings (SSSR count). The average Bonchev–Trinajstić information content (AvgIpc) is 2.48. The van der Waals surface area contributed by atoms with Gasteiger partial charge in [0.1, 0.15) is 24.6 Å². The molecule has 3 aliphatic rings. The van der Waals surface area contributed by atoms with Crippen LogP contribution < -0.4 is 10.5 Å². The molecular formula is C12H12NO10P. The van der Waals surface area contributed by atoms with Crippen molar-refractivity contribution in [2.24, 2.45) is 0 Å². The lowest BCUT2D eigenvalue weighted by atomic mass is 10.1. The number of nitrogen functional groups attached to an aromatic ring is 1. The molecule has 1 aromatic rings. The number of carbonyl (C=O) groups is 2. The van der Waals surface area contributed by atoms with E-state index in [0.29, 0.717) is 0 Å². The number of ketones is 1. The van der Waals surface area contributed by atoms with Gasteiger partial charge < -0.3 is 25.8 Å². The number of aliphatic hydroxyl groups excluding tert-OH is 2. The summed E-state index contributed by atoms with van der Waals surface area (Å²) >= 11 is 0. The highest BCUT2D eigenvalue weighted by Crippen LogP contribution is 2.80. The highest BCUT2D eigenvalue weighted by molar-refractivity contribution is 7.52. The van der Waals surface area contributed by atoms with Crippen LogP contribution >= 0.6 is 7.82 Å². The molecule has 3 fully saturated rings. The Balaban J connectivity index is 1.60. The lowest BCUT2D eigenvalue weighted by Gasteiger charge is -2.54. The fourth-order valence-electron chi connectivity index (χ4n) is 2.01. The Morgan fingerprint density at radius 2 is 1.92 bits per heavy atom. The summed E-state index contributed by atoms with van der Waals surface area (Å²) in [6.07, 6.45) is -3.74. The Kier molecular flexibility index (Phi) is 3.87. The molecule has 0 radical (unpaired) electrons. The minimum atomic E-state index is -3.61. The van der Waals surface area contributed by atoms with Crippen LogP contribution in [0.3, 0.4) is 0 Å². The number of nitrogens with two attached hydrogens (primary N) is 1. The van der Waals surface area contributed by atoms with E-state index in [9.17, 15) is 24.4 Å². The molecular weight excluding hydrogens is 349 g/mol. The summed E-state index contributed by atoms with van der Waals surface area (Å²) in [4.78, 5) is 22.7. The van der Waals surface area contributed by atoms with Crippen LogP contribution in [-0.4, -0.2) is 51.9 Å². The summed E-state index contributed by atoms with van der Waals surface area (Å²) in [5, 5.41) is 28.4. The summed E-state index contributed by atoms with van der Waals surface area (Å²) in [7, 11) is -3.61. The van der Waals surface area contributed by atoms with Gasteiger partial charge >= 0.3 is 19.8 Å². The predicted octanol–water partition coefficient (Wildman–Crippen LogP) is -0.524. The van der Waals surface area contributed by atoms with Gasteiger partial charge in [0.2, 0.25) is 0 Å². The maximum atomic E-state index is 11.8. The quantitative estimate of drug-likeness (QED) is 0.363. The predicted molar refractivity (Wildman–Crippen MR) is 73.9 cm³/mol. The highest BCUT2D eigenvalue weighted by Gasteiger charge is 2.80. The van der Waals surface area contributed by atoms with E-state index >= 15 is 0 Å². The minimum absolute atomic E-state index is 0.0488. The Hall–Kier alpha value is -2.01. The topological polar surface area (TPSA) is 175 Å². The molecule has 24 heavy (non-hydrogen) atoms. The Labute approximate surface area is 134 Å². The second kappa shape index (κ2) is 5.52. The van der Waals surface area contributed by atoms with Crippen molar-refractivity contribution in [1.82, 2.24) is 0 Å². The minimum Gasteiger partial charge on any atom is -0.489 e. The maximum Gasteiger partial charge on any atom is 0.489 e. The van der Waals surface area contributed by atoms with Crippen molar-refractivity contribution in [2.75, 3.05) is 12.3 Å². The largest absolute Gasteiger partial charge is 0.489 e. The molecule has 0 aliphatic carbocycles. The van der Waals surface area contributed by atoms with Crippen molar-refractivity contribution in [3.63, 3.8) is 0 Å². The van der Waals surface area contributed by atoms with Crippen LogP contribution in [0.4, 0.5) is 5.69 Å². The number of rotatable bonds is 7. The van der Waals surface area contributed by atoms with Gasteiger partial charge in [0.25, 0.3) is 5.78 Å². The SMILES string of the molecule is Nc1ccc(C(=O)O)cc1OCC(O)C(O)C(=O)C12OP(=O)(O1)O2. The van der Waals surface area contributed by atoms with Gasteiger partial charge in [-0.2, -0.15) is 0 Å². The first-order valence-electron chi connectivity index (χ1n) is 6.54. The van der Waals surface area contributed by atoms with E-state index in [1.54, 1.807) is 0 Å². The second-order valence-electron chi connectivity index (χ2n) is 5.02. The highest BCUT2D eigenvalue weighted by atomic mass is 31.2. The standard InChI is InChI=1S/C12H12NO10P/c13-6-2-1-5(11(17)18)3-8(6)20-4-7(14)9(15)10(16)12-21-24(19,22-12)23-12/h1-3,7,9,14-15H,4,13H2,(H,17,18). The number of hydrogen-bond donors (Lipinski definition) is 4. The summed E-state index contributed by atoms with van der Waals surface area (Å²) in [5.74, 6) is -4.67. The van der Waals surface area contributed by atoms with Crippen molar-refractivity contribution >= 4 is 25.3 Å². The molecule has 3 aliphatic heterocycles. The monoisotopic (exact) mass is 361 g/mol. The lowest BCUT2D eigenvalue weighted by molar-refractivity contribution is -0.401. The van der Waals surface area contributed by atoms with Crippen LogP contribution in [0.15, 0.2) is 18.2 Å². The average molecular weight is 361 g/mol. The van der Waals surface area contributed by atoms with Crippen molar-refractivity contribution < 1.29 is 47.8 Å². The molecule has 3 saturated heterocycles. The van der Waals surface area contributed by atoms with E-state index in [-0.39, 0.29) is 17.0 Å². The zero-order valence-electron chi connectivity index (χ0n) is 11.8. The number of aliphatic hydroxyl groups is 2. The molecule has 1 aromatic carbocycles. The van der Waals surface area contributed by atoms with Crippen molar-refractivity contribution in [2.45, 2.75) is 18.2 Å². The van der Waals surface area contributed by atoms with Gasteiger partial charge in [-0.1, -0.05) is 0 Å². The Morgan fingerprint density at radius 1 is 1.29 bits per heavy atom. The van der Waals surface area contributed by atoms with E-state index < -0.39 is 44.4 Å². The van der Waals surface area contributed by atoms with Gasteiger partial charge in [0.15, 0.2) is 0 Å². The third kappa shape index (κ3) is 2.67. The lowest BCUT2D eigenvalue weighted by Crippen LogP contribution is -2.66. The molecule has 2 atom stereocenters. The van der Waals surface area contributed by atoms with Crippen molar-refractivity contribution in [3.8, 4) is 5.75 Å². The Morgan fingerprint density at radius 3 is 2.46 bits per heavy atom. The fraction of sp³-hybridized carbons (Fsp3) is 0.333. The number of carboxylic acids is 1. The van der Waals surface area contributed by atoms with Crippen molar-refractivity contribution in [1.29, 1.82) is 0 Å². The van der Waals surface area contributed by atoms with Gasteiger partial charge in [0.05, 0.1) is 11.3 Å². The Bertz CT molecular complexity index is 738. The summed E-state index contributed by atoms with van der Waals surface area (Å²) in [6, 6.07) is 3.68. The van der Waals surface area contributed by atoms with Gasteiger partial charge in [-0.05, 0) is 18.2 Å². The van der Waals surface area contributed by atoms with E-state index in [0.717, 1.165) is 6.07 Å². The first-order chi connectivity index (χ1) is 11.2. The second-order valence-corrected chi connectivity index (χ2v) is 6.46. The number of ether oxygens (including phenoxy) is 1. The third-order valence-corrected chi connectivity index (χ3v) is 4.69. The number of carboxylic acid groups (broad SMARTS) is 1. The van der Waals surface area contributed by atoms with Crippen LogP contribution in [-0.2, 0) is 22.9 Å². The summed E-state index contributed by atoms with van der Waals surface area (Å²) in [6.45, 7) is -0.589. The summed E-state index contributed by atoms with van der Waals surface area (Å²) in [5.41, 5.74) is 5.61. The van der Waals surface area contributed by atoms with Crippen molar-refractivity contribution in [3.05, 3.63) is 23.8 Å². The number of anilines is 1. The number of carbonyl (C=O) groups excluding carboxylic acids is 1. The third-order valence-electron chi connectivity index (χ3n) is 3.30. The van der Waals surface area contributed by atoms with Gasteiger partial charge in [0, 0.05) is 0 Å². The van der Waals surface area contributed by atoms with Crippen LogP contribution in [0.2, 0.25) is 0 Å². The first kappa shape index (κ1) is 16.8. The normalized spacial score (nSPS) is 29.8. The van der Waals surface area contributed by atoms with E-state index in [1.807, 2.05) is 0 Å². The molecule has 0 aromatic heterocycles. The van der Waals surface area contributed by atoms with Crippen LogP contribution in [0.1, 0.15) is 10.4 Å². The zero-order valence-corrected chi connectivity index (χ0v) is 12.7.